The molecule has 0 amide bonds. The van der Waals surface area contributed by atoms with Crippen LogP contribution < -0.4 is 10.5 Å². The van der Waals surface area contributed by atoms with Gasteiger partial charge >= 0.3 is 0 Å². The van der Waals surface area contributed by atoms with Crippen LogP contribution in [0.3, 0.4) is 0 Å². The van der Waals surface area contributed by atoms with E-state index in [1.165, 1.54) is 0 Å². The third kappa shape index (κ3) is 3.41. The van der Waals surface area contributed by atoms with Crippen molar-refractivity contribution < 1.29 is 13.5 Å². The summed E-state index contributed by atoms with van der Waals surface area (Å²) < 4.78 is 28.2. The summed E-state index contributed by atoms with van der Waals surface area (Å²) in [5.74, 6) is 0.452. The van der Waals surface area contributed by atoms with Gasteiger partial charge in [0.2, 0.25) is 10.0 Å². The number of fused-ring (bicyclic) bond motifs is 1. The molecule has 1 aromatic heterocycles. The minimum Gasteiger partial charge on any atom is -0.390 e. The molecule has 0 saturated heterocycles. The van der Waals surface area contributed by atoms with E-state index < -0.39 is 15.6 Å². The second-order valence-electron chi connectivity index (χ2n) is 8.05. The fraction of sp³-hybridized carbons (Fsp3) is 0.381. The normalized spacial score (nSPS) is 22.0. The van der Waals surface area contributed by atoms with E-state index in [4.69, 9.17) is 5.73 Å². The summed E-state index contributed by atoms with van der Waals surface area (Å²) in [6.07, 6.45) is 1.53. The number of aliphatic hydroxyl groups is 1. The van der Waals surface area contributed by atoms with Gasteiger partial charge in [-0.05, 0) is 73.6 Å². The molecule has 8 heteroatoms. The van der Waals surface area contributed by atoms with E-state index in [2.05, 4.69) is 14.9 Å². The van der Waals surface area contributed by atoms with E-state index in [1.807, 2.05) is 39.0 Å². The Labute approximate surface area is 170 Å². The largest absolute Gasteiger partial charge is 0.390 e. The fourth-order valence-electron chi connectivity index (χ4n) is 4.23. The van der Waals surface area contributed by atoms with Crippen molar-refractivity contribution in [3.8, 4) is 11.1 Å². The maximum absolute atomic E-state index is 12.8. The molecule has 7 nitrogen and oxygen atoms in total. The number of anilines is 1. The number of nitrogens with zero attached hydrogens (tertiary/aromatic N) is 1. The van der Waals surface area contributed by atoms with Crippen LogP contribution in [0.5, 0.6) is 0 Å². The zero-order valence-corrected chi connectivity index (χ0v) is 17.6. The van der Waals surface area contributed by atoms with Gasteiger partial charge in [0.15, 0.2) is 5.82 Å². The Balaban J connectivity index is 1.63. The van der Waals surface area contributed by atoms with Crippen molar-refractivity contribution in [1.82, 2.24) is 14.9 Å². The van der Waals surface area contributed by atoms with Crippen LogP contribution in [-0.2, 0) is 10.0 Å². The topological polar surface area (TPSA) is 121 Å². The maximum atomic E-state index is 12.8. The number of aromatic nitrogens is 2. The summed E-state index contributed by atoms with van der Waals surface area (Å²) in [7, 11) is -3.64. The molecule has 1 fully saturated rings. The van der Waals surface area contributed by atoms with Crippen molar-refractivity contribution in [2.75, 3.05) is 5.73 Å². The monoisotopic (exact) mass is 414 g/mol. The molecule has 0 bridgehead atoms. The van der Waals surface area contributed by atoms with E-state index in [0.29, 0.717) is 25.1 Å². The van der Waals surface area contributed by atoms with E-state index >= 15 is 0 Å². The second-order valence-corrected chi connectivity index (χ2v) is 9.76. The Morgan fingerprint density at radius 2 is 1.93 bits per heavy atom. The lowest BCUT2D eigenvalue weighted by molar-refractivity contribution is -0.0529. The quantitative estimate of drug-likeness (QED) is 0.511. The summed E-state index contributed by atoms with van der Waals surface area (Å²) >= 11 is 0. The first-order valence-corrected chi connectivity index (χ1v) is 11.2. The lowest BCUT2D eigenvalue weighted by Gasteiger charge is -2.43. The Hall–Kier alpha value is -2.42. The van der Waals surface area contributed by atoms with Gasteiger partial charge in [0, 0.05) is 11.4 Å². The highest BCUT2D eigenvalue weighted by atomic mass is 32.2. The van der Waals surface area contributed by atoms with Crippen LogP contribution in [0, 0.1) is 13.8 Å². The third-order valence-corrected chi connectivity index (χ3v) is 7.57. The van der Waals surface area contributed by atoms with Crippen LogP contribution in [0.25, 0.3) is 22.0 Å². The van der Waals surface area contributed by atoms with Crippen LogP contribution >= 0.6 is 0 Å². The molecule has 1 aliphatic carbocycles. The number of H-pyrrole nitrogens is 1. The smallest absolute Gasteiger partial charge is 0.240 e. The molecule has 154 valence electrons. The average Bonchev–Trinajstić information content (AvgIpc) is 3.02. The minimum absolute atomic E-state index is 0.223. The van der Waals surface area contributed by atoms with Crippen molar-refractivity contribution >= 4 is 26.7 Å². The molecule has 0 atom stereocenters. The summed E-state index contributed by atoms with van der Waals surface area (Å²) in [5.41, 5.74) is 9.92. The van der Waals surface area contributed by atoms with Gasteiger partial charge in [-0.2, -0.15) is 5.10 Å². The van der Waals surface area contributed by atoms with Gasteiger partial charge < -0.3 is 10.8 Å². The molecule has 5 N–H and O–H groups in total. The molecule has 29 heavy (non-hydrogen) atoms. The number of nitrogens with two attached hydrogens (primary N) is 1. The van der Waals surface area contributed by atoms with Gasteiger partial charge in [-0.1, -0.05) is 19.1 Å². The SMILES string of the molecule is CCC1(O)CC(NS(=O)(=O)c2ccc(-c3ccc4[nH]nc(N)c4c3C)c(C)c2)C1. The van der Waals surface area contributed by atoms with Crippen molar-refractivity contribution in [3.63, 3.8) is 0 Å². The molecule has 1 saturated carbocycles. The molecule has 2 aromatic carbocycles. The summed E-state index contributed by atoms with van der Waals surface area (Å²) in [5, 5.41) is 18.0. The number of aryl methyl sites for hydroxylation is 2. The highest BCUT2D eigenvalue weighted by Crippen LogP contribution is 2.37. The van der Waals surface area contributed by atoms with Crippen molar-refractivity contribution in [3.05, 3.63) is 41.5 Å². The lowest BCUT2D eigenvalue weighted by Crippen LogP contribution is -2.54. The first kappa shape index (κ1) is 19.9. The van der Waals surface area contributed by atoms with Crippen LogP contribution in [0.15, 0.2) is 35.2 Å². The van der Waals surface area contributed by atoms with Gasteiger partial charge in [-0.3, -0.25) is 5.10 Å². The Kier molecular flexibility index (Phi) is 4.68. The Bertz CT molecular complexity index is 1190. The zero-order valence-electron chi connectivity index (χ0n) is 16.8. The molecule has 0 radical (unpaired) electrons. The average molecular weight is 415 g/mol. The Morgan fingerprint density at radius 1 is 1.24 bits per heavy atom. The number of sulfonamides is 1. The van der Waals surface area contributed by atoms with Crippen LogP contribution in [-0.4, -0.2) is 35.4 Å². The molecule has 0 spiro atoms. The molecular formula is C21H26N4O3S. The predicted molar refractivity (Wildman–Crippen MR) is 114 cm³/mol. The summed E-state index contributed by atoms with van der Waals surface area (Å²) in [4.78, 5) is 0.229. The van der Waals surface area contributed by atoms with Crippen LogP contribution in [0.1, 0.15) is 37.3 Å². The zero-order chi connectivity index (χ0) is 21.0. The van der Waals surface area contributed by atoms with E-state index in [-0.39, 0.29) is 10.9 Å². The first-order valence-electron chi connectivity index (χ1n) is 9.72. The van der Waals surface area contributed by atoms with Gasteiger partial charge in [-0.25, -0.2) is 13.1 Å². The molecule has 0 aliphatic heterocycles. The summed E-state index contributed by atoms with van der Waals surface area (Å²) in [6, 6.07) is 8.83. The third-order valence-electron chi connectivity index (χ3n) is 6.05. The highest BCUT2D eigenvalue weighted by Gasteiger charge is 2.42. The molecule has 1 aliphatic rings. The molecule has 4 rings (SSSR count). The molecular weight excluding hydrogens is 388 g/mol. The van der Waals surface area contributed by atoms with E-state index in [9.17, 15) is 13.5 Å². The number of nitrogens with one attached hydrogen (secondary N) is 2. The minimum atomic E-state index is -3.64. The highest BCUT2D eigenvalue weighted by molar-refractivity contribution is 7.89. The number of aromatic amines is 1. The predicted octanol–water partition coefficient (Wildman–Crippen LogP) is 3.01. The van der Waals surface area contributed by atoms with Gasteiger partial charge in [0.05, 0.1) is 16.0 Å². The van der Waals surface area contributed by atoms with E-state index in [1.54, 1.807) is 12.1 Å². The fourth-order valence-corrected chi connectivity index (χ4v) is 5.55. The second kappa shape index (κ2) is 6.83. The van der Waals surface area contributed by atoms with Crippen LogP contribution in [0.4, 0.5) is 5.82 Å². The number of benzene rings is 2. The summed E-state index contributed by atoms with van der Waals surface area (Å²) in [6.45, 7) is 5.79. The molecule has 1 heterocycles. The van der Waals surface area contributed by atoms with Crippen molar-refractivity contribution in [2.24, 2.45) is 0 Å². The number of rotatable bonds is 5. The lowest BCUT2D eigenvalue weighted by atomic mass is 9.75. The van der Waals surface area contributed by atoms with E-state index in [0.717, 1.165) is 33.2 Å². The number of nitrogen functional groups attached to an aromatic ring is 1. The van der Waals surface area contributed by atoms with Gasteiger partial charge in [0.1, 0.15) is 0 Å². The Morgan fingerprint density at radius 3 is 2.59 bits per heavy atom. The number of hydrogen-bond acceptors (Lipinski definition) is 5. The first-order chi connectivity index (χ1) is 13.6. The maximum Gasteiger partial charge on any atom is 0.240 e. The van der Waals surface area contributed by atoms with Crippen molar-refractivity contribution in [2.45, 2.75) is 56.6 Å². The van der Waals surface area contributed by atoms with Gasteiger partial charge in [0.25, 0.3) is 0 Å². The van der Waals surface area contributed by atoms with Crippen molar-refractivity contribution in [1.29, 1.82) is 0 Å². The van der Waals surface area contributed by atoms with Crippen LogP contribution in [0.2, 0.25) is 0 Å². The number of hydrogen-bond donors (Lipinski definition) is 4. The molecule has 0 unspecified atom stereocenters. The molecule has 3 aromatic rings. The van der Waals surface area contributed by atoms with Gasteiger partial charge in [-0.15, -0.1) is 0 Å². The standard InChI is InChI=1S/C21H26N4O3S/c1-4-21(26)10-14(11-21)25-29(27,28)15-5-6-16(12(2)9-15)17-7-8-18-19(13(17)3)20(22)24-23-18/h5-9,14,25-26H,4,10-11H2,1-3H3,(H3,22,23,24).